The quantitative estimate of drug-likeness (QED) is 0.672. The highest BCUT2D eigenvalue weighted by Crippen LogP contribution is 2.23. The lowest BCUT2D eigenvalue weighted by molar-refractivity contribution is -0.116. The summed E-state index contributed by atoms with van der Waals surface area (Å²) in [4.78, 5) is 14.4. The van der Waals surface area contributed by atoms with Crippen LogP contribution in [0.5, 0.6) is 11.5 Å². The number of nitrogens with one attached hydrogen (secondary N) is 1. The van der Waals surface area contributed by atoms with Crippen LogP contribution in [0.15, 0.2) is 48.5 Å². The Morgan fingerprint density at radius 2 is 1.68 bits per heavy atom. The van der Waals surface area contributed by atoms with Crippen molar-refractivity contribution in [2.24, 2.45) is 0 Å². The number of amides is 1. The fourth-order valence-corrected chi connectivity index (χ4v) is 2.93. The van der Waals surface area contributed by atoms with Crippen molar-refractivity contribution in [1.82, 2.24) is 10.2 Å². The number of methoxy groups -OCH3 is 2. The zero-order chi connectivity index (χ0) is 20.5. The summed E-state index contributed by atoms with van der Waals surface area (Å²) in [5.41, 5.74) is 3.33. The van der Waals surface area contributed by atoms with Gasteiger partial charge in [0, 0.05) is 18.7 Å². The molecule has 0 saturated heterocycles. The Morgan fingerprint density at radius 1 is 1.07 bits per heavy atom. The third kappa shape index (κ3) is 6.13. The molecule has 1 atom stereocenters. The van der Waals surface area contributed by atoms with Gasteiger partial charge in [-0.15, -0.1) is 0 Å². The van der Waals surface area contributed by atoms with Crippen LogP contribution in [0.25, 0.3) is 6.08 Å². The second-order valence-electron chi connectivity index (χ2n) is 6.80. The van der Waals surface area contributed by atoms with Gasteiger partial charge in [0.2, 0.25) is 5.91 Å². The second-order valence-corrected chi connectivity index (χ2v) is 6.80. The Hall–Kier alpha value is -2.79. The largest absolute Gasteiger partial charge is 0.497 e. The van der Waals surface area contributed by atoms with Gasteiger partial charge in [-0.1, -0.05) is 31.2 Å². The first-order chi connectivity index (χ1) is 13.5. The molecule has 0 radical (unpaired) electrons. The average Bonchev–Trinajstić information content (AvgIpc) is 2.72. The standard InChI is InChI=1S/C23H30N2O3/c1-6-17-7-10-19(11-8-17)22(25(2)3)16-24-23(26)12-9-18-13-20(27-4)15-21(14-18)28-5/h7-15,22H,6,16H2,1-5H3,(H,24,26)/b12-9+. The van der Waals surface area contributed by atoms with Crippen molar-refractivity contribution in [2.45, 2.75) is 19.4 Å². The van der Waals surface area contributed by atoms with Crippen LogP contribution >= 0.6 is 0 Å². The van der Waals surface area contributed by atoms with E-state index >= 15 is 0 Å². The van der Waals surface area contributed by atoms with Gasteiger partial charge in [-0.2, -0.15) is 0 Å². The van der Waals surface area contributed by atoms with Crippen molar-refractivity contribution in [2.75, 3.05) is 34.9 Å². The Bertz CT molecular complexity index is 776. The first kappa shape index (κ1) is 21.5. The SMILES string of the molecule is CCc1ccc(C(CNC(=O)/C=C/c2cc(OC)cc(OC)c2)N(C)C)cc1. The zero-order valence-electron chi connectivity index (χ0n) is 17.4. The van der Waals surface area contributed by atoms with Crippen LogP contribution in [-0.4, -0.2) is 45.7 Å². The van der Waals surface area contributed by atoms with E-state index in [-0.39, 0.29) is 11.9 Å². The molecule has 0 aromatic heterocycles. The summed E-state index contributed by atoms with van der Waals surface area (Å²) in [6.45, 7) is 2.67. The van der Waals surface area contributed by atoms with Crippen molar-refractivity contribution >= 4 is 12.0 Å². The molecule has 0 spiro atoms. The van der Waals surface area contributed by atoms with Crippen molar-refractivity contribution in [1.29, 1.82) is 0 Å². The third-order valence-corrected chi connectivity index (χ3v) is 4.67. The highest BCUT2D eigenvalue weighted by atomic mass is 16.5. The van der Waals surface area contributed by atoms with E-state index < -0.39 is 0 Å². The Balaban J connectivity index is 2.01. The van der Waals surface area contributed by atoms with Gasteiger partial charge < -0.3 is 19.7 Å². The molecule has 0 aliphatic carbocycles. The number of carbonyl (C=O) groups excluding carboxylic acids is 1. The van der Waals surface area contributed by atoms with Crippen LogP contribution in [0.1, 0.15) is 29.7 Å². The molecule has 1 amide bonds. The monoisotopic (exact) mass is 382 g/mol. The number of nitrogens with zero attached hydrogens (tertiary/aromatic N) is 1. The van der Waals surface area contributed by atoms with E-state index in [1.807, 2.05) is 26.2 Å². The second kappa shape index (κ2) is 10.5. The molecular weight excluding hydrogens is 352 g/mol. The first-order valence-corrected chi connectivity index (χ1v) is 9.41. The maximum atomic E-state index is 12.3. The minimum absolute atomic E-state index is 0.111. The number of rotatable bonds is 9. The average molecular weight is 383 g/mol. The molecule has 28 heavy (non-hydrogen) atoms. The summed E-state index contributed by atoms with van der Waals surface area (Å²) in [7, 11) is 7.23. The molecule has 150 valence electrons. The Kier molecular flexibility index (Phi) is 8.08. The molecule has 0 bridgehead atoms. The summed E-state index contributed by atoms with van der Waals surface area (Å²) >= 11 is 0. The van der Waals surface area contributed by atoms with Gasteiger partial charge >= 0.3 is 0 Å². The van der Waals surface area contributed by atoms with Crippen molar-refractivity contribution in [3.8, 4) is 11.5 Å². The van der Waals surface area contributed by atoms with Gasteiger partial charge in [0.1, 0.15) is 11.5 Å². The lowest BCUT2D eigenvalue weighted by atomic mass is 10.0. The van der Waals surface area contributed by atoms with E-state index in [1.165, 1.54) is 17.2 Å². The topological polar surface area (TPSA) is 50.8 Å². The molecule has 0 heterocycles. The van der Waals surface area contributed by atoms with E-state index in [0.717, 1.165) is 12.0 Å². The molecule has 0 aliphatic heterocycles. The number of hydrogen-bond donors (Lipinski definition) is 1. The number of aryl methyl sites for hydroxylation is 1. The number of benzene rings is 2. The maximum absolute atomic E-state index is 12.3. The number of ether oxygens (including phenoxy) is 2. The molecule has 2 aromatic carbocycles. The Labute approximate surface area is 168 Å². The molecule has 0 saturated carbocycles. The van der Waals surface area contributed by atoms with Gasteiger partial charge in [-0.25, -0.2) is 0 Å². The predicted molar refractivity (Wildman–Crippen MR) is 114 cm³/mol. The van der Waals surface area contributed by atoms with Crippen LogP contribution in [0.3, 0.4) is 0 Å². The van der Waals surface area contributed by atoms with Crippen molar-refractivity contribution in [3.05, 3.63) is 65.2 Å². The predicted octanol–water partition coefficient (Wildman–Crippen LogP) is 3.70. The highest BCUT2D eigenvalue weighted by molar-refractivity contribution is 5.91. The summed E-state index contributed by atoms with van der Waals surface area (Å²) in [6.07, 6.45) is 4.30. The van der Waals surface area contributed by atoms with Gasteiger partial charge in [0.15, 0.2) is 0 Å². The third-order valence-electron chi connectivity index (χ3n) is 4.67. The fraction of sp³-hybridized carbons (Fsp3) is 0.348. The lowest BCUT2D eigenvalue weighted by Gasteiger charge is -2.25. The van der Waals surface area contributed by atoms with E-state index in [4.69, 9.17) is 9.47 Å². The zero-order valence-corrected chi connectivity index (χ0v) is 17.4. The summed E-state index contributed by atoms with van der Waals surface area (Å²) in [5.74, 6) is 1.23. The molecule has 0 aliphatic rings. The summed E-state index contributed by atoms with van der Waals surface area (Å²) in [5, 5.41) is 2.99. The molecule has 1 unspecified atom stereocenters. The molecular formula is C23H30N2O3. The van der Waals surface area contributed by atoms with Gasteiger partial charge in [-0.3, -0.25) is 4.79 Å². The van der Waals surface area contributed by atoms with Crippen LogP contribution in [0.2, 0.25) is 0 Å². The van der Waals surface area contributed by atoms with Crippen LogP contribution in [-0.2, 0) is 11.2 Å². The van der Waals surface area contributed by atoms with E-state index in [1.54, 1.807) is 26.4 Å². The normalized spacial score (nSPS) is 12.2. The summed E-state index contributed by atoms with van der Waals surface area (Å²) in [6, 6.07) is 14.2. The molecule has 1 N–H and O–H groups in total. The van der Waals surface area contributed by atoms with Crippen molar-refractivity contribution < 1.29 is 14.3 Å². The van der Waals surface area contributed by atoms with E-state index in [9.17, 15) is 4.79 Å². The minimum atomic E-state index is -0.140. The van der Waals surface area contributed by atoms with E-state index in [2.05, 4.69) is 41.4 Å². The number of hydrogen-bond acceptors (Lipinski definition) is 4. The van der Waals surface area contributed by atoms with E-state index in [0.29, 0.717) is 18.0 Å². The molecule has 5 nitrogen and oxygen atoms in total. The smallest absolute Gasteiger partial charge is 0.244 e. The highest BCUT2D eigenvalue weighted by Gasteiger charge is 2.14. The molecule has 2 aromatic rings. The fourth-order valence-electron chi connectivity index (χ4n) is 2.93. The van der Waals surface area contributed by atoms with Gasteiger partial charge in [-0.05, 0) is 55.4 Å². The number of likely N-dealkylation sites (N-methyl/N-ethyl adjacent to an activating group) is 1. The van der Waals surface area contributed by atoms with Gasteiger partial charge in [0.05, 0.1) is 20.3 Å². The molecule has 5 heteroatoms. The van der Waals surface area contributed by atoms with Crippen LogP contribution in [0, 0.1) is 0 Å². The van der Waals surface area contributed by atoms with Crippen molar-refractivity contribution in [3.63, 3.8) is 0 Å². The summed E-state index contributed by atoms with van der Waals surface area (Å²) < 4.78 is 10.5. The maximum Gasteiger partial charge on any atom is 0.244 e. The van der Waals surface area contributed by atoms with Crippen LogP contribution in [0.4, 0.5) is 0 Å². The molecule has 2 rings (SSSR count). The minimum Gasteiger partial charge on any atom is -0.497 e. The number of carbonyl (C=O) groups is 1. The Morgan fingerprint density at radius 3 is 2.18 bits per heavy atom. The van der Waals surface area contributed by atoms with Crippen LogP contribution < -0.4 is 14.8 Å². The lowest BCUT2D eigenvalue weighted by Crippen LogP contribution is -2.33. The molecule has 0 fully saturated rings. The van der Waals surface area contributed by atoms with Gasteiger partial charge in [0.25, 0.3) is 0 Å². The first-order valence-electron chi connectivity index (χ1n) is 9.41.